The third-order valence-electron chi connectivity index (χ3n) is 1.36. The Balaban J connectivity index is 0.000000671. The third-order valence-corrected chi connectivity index (χ3v) is 1.36. The molecule has 0 radical (unpaired) electrons. The Hall–Kier alpha value is -0.940. The van der Waals surface area contributed by atoms with Crippen molar-refractivity contribution >= 4 is 0 Å². The molecule has 0 saturated carbocycles. The van der Waals surface area contributed by atoms with Gasteiger partial charge in [0.05, 0.1) is 13.3 Å². The molecule has 0 fully saturated rings. The van der Waals surface area contributed by atoms with Crippen molar-refractivity contribution in [3.05, 3.63) is 35.9 Å². The van der Waals surface area contributed by atoms with E-state index in [0.717, 1.165) is 0 Å². The van der Waals surface area contributed by atoms with Gasteiger partial charge in [-0.2, -0.15) is 0 Å². The van der Waals surface area contributed by atoms with Crippen LogP contribution in [0.4, 0.5) is 0 Å². The van der Waals surface area contributed by atoms with Crippen molar-refractivity contribution in [3.8, 4) is 0 Å². The molecule has 4 heteroatoms. The molecule has 0 spiro atoms. The van der Waals surface area contributed by atoms with Crippen LogP contribution in [-0.2, 0) is 11.3 Å². The van der Waals surface area contributed by atoms with Crippen molar-refractivity contribution in [2.24, 2.45) is 5.90 Å². The quantitative estimate of drug-likeness (QED) is 0.366. The zero-order valence-corrected chi connectivity index (χ0v) is 7.73. The molecular formula is C9H16N2O2. The molecular weight excluding hydrogens is 168 g/mol. The highest BCUT2D eigenvalue weighted by Crippen LogP contribution is 1.98. The predicted octanol–water partition coefficient (Wildman–Crippen LogP) is 0.714. The molecule has 0 saturated heterocycles. The zero-order chi connectivity index (χ0) is 9.94. The lowest BCUT2D eigenvalue weighted by Crippen LogP contribution is -2.11. The first-order valence-electron chi connectivity index (χ1n) is 3.95. The SMILES string of the molecule is CNCOCc1ccccc1.NO. The van der Waals surface area contributed by atoms with Gasteiger partial charge in [0.1, 0.15) is 0 Å². The number of nitrogens with one attached hydrogen (secondary N) is 1. The first-order chi connectivity index (χ1) is 6.43. The highest BCUT2D eigenvalue weighted by molar-refractivity contribution is 5.13. The highest BCUT2D eigenvalue weighted by atomic mass is 16.5. The van der Waals surface area contributed by atoms with Crippen LogP contribution in [0.1, 0.15) is 5.56 Å². The zero-order valence-electron chi connectivity index (χ0n) is 7.73. The van der Waals surface area contributed by atoms with Gasteiger partial charge in [-0.1, -0.05) is 30.3 Å². The van der Waals surface area contributed by atoms with Crippen LogP contribution in [0.15, 0.2) is 30.3 Å². The molecule has 0 aliphatic carbocycles. The molecule has 0 aliphatic rings. The second kappa shape index (κ2) is 9.15. The number of rotatable bonds is 4. The van der Waals surface area contributed by atoms with E-state index in [9.17, 15) is 0 Å². The molecule has 1 aromatic carbocycles. The lowest BCUT2D eigenvalue weighted by atomic mass is 10.2. The average molecular weight is 184 g/mol. The minimum Gasteiger partial charge on any atom is -0.362 e. The van der Waals surface area contributed by atoms with Gasteiger partial charge in [-0.05, 0) is 12.6 Å². The Bertz CT molecular complexity index is 192. The highest BCUT2D eigenvalue weighted by Gasteiger charge is 1.88. The van der Waals surface area contributed by atoms with E-state index in [1.807, 2.05) is 25.2 Å². The summed E-state index contributed by atoms with van der Waals surface area (Å²) in [4.78, 5) is 0. The van der Waals surface area contributed by atoms with Crippen LogP contribution < -0.4 is 11.2 Å². The van der Waals surface area contributed by atoms with Crippen LogP contribution in [0.3, 0.4) is 0 Å². The van der Waals surface area contributed by atoms with Crippen LogP contribution in [-0.4, -0.2) is 19.0 Å². The van der Waals surface area contributed by atoms with E-state index in [-0.39, 0.29) is 0 Å². The fraction of sp³-hybridized carbons (Fsp3) is 0.333. The van der Waals surface area contributed by atoms with E-state index in [0.29, 0.717) is 13.3 Å². The second-order valence-corrected chi connectivity index (χ2v) is 2.33. The molecule has 4 nitrogen and oxygen atoms in total. The largest absolute Gasteiger partial charge is 0.362 e. The molecule has 0 amide bonds. The summed E-state index contributed by atoms with van der Waals surface area (Å²) in [6.07, 6.45) is 0. The molecule has 1 rings (SSSR count). The molecule has 0 atom stereocenters. The van der Waals surface area contributed by atoms with E-state index in [4.69, 9.17) is 9.94 Å². The first kappa shape index (κ1) is 12.1. The molecule has 74 valence electrons. The summed E-state index contributed by atoms with van der Waals surface area (Å²) in [6, 6.07) is 10.1. The van der Waals surface area contributed by atoms with Crippen molar-refractivity contribution < 1.29 is 9.94 Å². The van der Waals surface area contributed by atoms with Crippen molar-refractivity contribution in [3.63, 3.8) is 0 Å². The smallest absolute Gasteiger partial charge is 0.0967 e. The average Bonchev–Trinajstić information content (AvgIpc) is 2.23. The van der Waals surface area contributed by atoms with Gasteiger partial charge in [-0.15, -0.1) is 0 Å². The van der Waals surface area contributed by atoms with Crippen LogP contribution >= 0.6 is 0 Å². The lowest BCUT2D eigenvalue weighted by molar-refractivity contribution is 0.109. The van der Waals surface area contributed by atoms with Crippen molar-refractivity contribution in [2.45, 2.75) is 6.61 Å². The Labute approximate surface area is 78.3 Å². The van der Waals surface area contributed by atoms with Crippen LogP contribution in [0.5, 0.6) is 0 Å². The number of nitrogens with two attached hydrogens (primary N) is 1. The Kier molecular flexibility index (Phi) is 8.49. The van der Waals surface area contributed by atoms with Crippen molar-refractivity contribution in [1.29, 1.82) is 0 Å². The van der Waals surface area contributed by atoms with Gasteiger partial charge in [-0.25, -0.2) is 5.90 Å². The van der Waals surface area contributed by atoms with Gasteiger partial charge in [0.25, 0.3) is 0 Å². The Morgan fingerprint density at radius 2 is 1.92 bits per heavy atom. The number of ether oxygens (including phenoxy) is 1. The molecule has 13 heavy (non-hydrogen) atoms. The second-order valence-electron chi connectivity index (χ2n) is 2.33. The maximum Gasteiger partial charge on any atom is 0.0967 e. The molecule has 0 aliphatic heterocycles. The van der Waals surface area contributed by atoms with Crippen LogP contribution in [0, 0.1) is 0 Å². The number of hydrogen-bond acceptors (Lipinski definition) is 4. The van der Waals surface area contributed by atoms with Gasteiger partial charge in [0.2, 0.25) is 0 Å². The van der Waals surface area contributed by atoms with Gasteiger partial charge >= 0.3 is 0 Å². The Morgan fingerprint density at radius 3 is 2.46 bits per heavy atom. The van der Waals surface area contributed by atoms with Crippen LogP contribution in [0.25, 0.3) is 0 Å². The maximum atomic E-state index is 6.50. The molecule has 0 bridgehead atoms. The van der Waals surface area contributed by atoms with E-state index in [2.05, 4.69) is 23.3 Å². The van der Waals surface area contributed by atoms with Crippen molar-refractivity contribution in [2.75, 3.05) is 13.8 Å². The monoisotopic (exact) mass is 184 g/mol. The first-order valence-corrected chi connectivity index (χ1v) is 3.95. The number of benzene rings is 1. The predicted molar refractivity (Wildman–Crippen MR) is 51.1 cm³/mol. The summed E-state index contributed by atoms with van der Waals surface area (Å²) in [5, 5.41) is 9.42. The fourth-order valence-electron chi connectivity index (χ4n) is 0.845. The summed E-state index contributed by atoms with van der Waals surface area (Å²) in [5.74, 6) is 3.50. The van der Waals surface area contributed by atoms with Crippen molar-refractivity contribution in [1.82, 2.24) is 5.32 Å². The van der Waals surface area contributed by atoms with E-state index in [1.54, 1.807) is 0 Å². The van der Waals surface area contributed by atoms with E-state index < -0.39 is 0 Å². The minimum atomic E-state index is 0.606. The van der Waals surface area contributed by atoms with Gasteiger partial charge in [-0.3, -0.25) is 5.32 Å². The summed E-state index contributed by atoms with van der Waals surface area (Å²) < 4.78 is 5.26. The van der Waals surface area contributed by atoms with E-state index >= 15 is 0 Å². The maximum absolute atomic E-state index is 6.50. The summed E-state index contributed by atoms with van der Waals surface area (Å²) in [6.45, 7) is 1.29. The minimum absolute atomic E-state index is 0.606. The molecule has 1 aromatic rings. The molecule has 4 N–H and O–H groups in total. The molecule has 0 aromatic heterocycles. The van der Waals surface area contributed by atoms with Gasteiger partial charge < -0.3 is 9.94 Å². The standard InChI is InChI=1S/C9H13NO.H3NO/c1-10-8-11-7-9-5-3-2-4-6-9;1-2/h2-6,10H,7-8H2,1H3;2H,1H2. The molecule has 0 heterocycles. The molecule has 0 unspecified atom stereocenters. The summed E-state index contributed by atoms with van der Waals surface area (Å²) in [7, 11) is 1.87. The van der Waals surface area contributed by atoms with Gasteiger partial charge in [0.15, 0.2) is 0 Å². The lowest BCUT2D eigenvalue weighted by Gasteiger charge is -2.01. The fourth-order valence-corrected chi connectivity index (χ4v) is 0.845. The summed E-state index contributed by atoms with van der Waals surface area (Å²) >= 11 is 0. The van der Waals surface area contributed by atoms with Crippen LogP contribution in [0.2, 0.25) is 0 Å². The normalized spacial score (nSPS) is 8.85. The number of hydrogen-bond donors (Lipinski definition) is 3. The Morgan fingerprint density at radius 1 is 1.31 bits per heavy atom. The van der Waals surface area contributed by atoms with E-state index in [1.165, 1.54) is 5.56 Å². The van der Waals surface area contributed by atoms with Gasteiger partial charge in [0, 0.05) is 0 Å². The third kappa shape index (κ3) is 6.24. The summed E-state index contributed by atoms with van der Waals surface area (Å²) in [5.41, 5.74) is 1.21. The topological polar surface area (TPSA) is 67.5 Å².